The van der Waals surface area contributed by atoms with Crippen molar-refractivity contribution in [1.29, 1.82) is 0 Å². The highest BCUT2D eigenvalue weighted by molar-refractivity contribution is 5.39. The molecule has 0 saturated heterocycles. The molecule has 0 aliphatic carbocycles. The maximum absolute atomic E-state index is 5.80. The fourth-order valence-corrected chi connectivity index (χ4v) is 2.24. The summed E-state index contributed by atoms with van der Waals surface area (Å²) in [5, 5.41) is 0. The number of rotatable bonds is 9. The fraction of sp³-hybridized carbons (Fsp3) is 0.400. The monoisotopic (exact) mass is 314 g/mol. The van der Waals surface area contributed by atoms with Crippen LogP contribution in [0.5, 0.6) is 17.2 Å². The minimum absolute atomic E-state index is 0.511. The smallest absolute Gasteiger partial charge is 0.161 e. The van der Waals surface area contributed by atoms with Crippen LogP contribution < -0.4 is 14.2 Å². The molecular formula is C20H26O3. The van der Waals surface area contributed by atoms with Gasteiger partial charge in [0.2, 0.25) is 0 Å². The van der Waals surface area contributed by atoms with E-state index in [0.29, 0.717) is 25.7 Å². The fourth-order valence-electron chi connectivity index (χ4n) is 2.24. The minimum Gasteiger partial charge on any atom is -0.493 e. The first-order valence-electron chi connectivity index (χ1n) is 8.28. The van der Waals surface area contributed by atoms with E-state index in [2.05, 4.69) is 26.0 Å². The molecule has 124 valence electrons. The molecule has 0 aliphatic heterocycles. The van der Waals surface area contributed by atoms with Crippen LogP contribution in [0.25, 0.3) is 0 Å². The summed E-state index contributed by atoms with van der Waals surface area (Å²) in [5.74, 6) is 3.01. The molecule has 23 heavy (non-hydrogen) atoms. The van der Waals surface area contributed by atoms with E-state index in [4.69, 9.17) is 14.2 Å². The van der Waals surface area contributed by atoms with E-state index < -0.39 is 0 Å². The molecule has 0 amide bonds. The SMILES string of the molecule is CCOc1ccccc1OCCCOc1cccc(C(C)C)c1. The Labute approximate surface area is 139 Å². The van der Waals surface area contributed by atoms with Crippen LogP contribution >= 0.6 is 0 Å². The molecule has 2 rings (SSSR count). The van der Waals surface area contributed by atoms with Crippen LogP contribution in [-0.2, 0) is 0 Å². The Morgan fingerprint density at radius 3 is 2.22 bits per heavy atom. The first kappa shape index (κ1) is 17.2. The molecule has 0 spiro atoms. The average molecular weight is 314 g/mol. The number of benzene rings is 2. The molecule has 0 fully saturated rings. The molecule has 0 heterocycles. The highest BCUT2D eigenvalue weighted by atomic mass is 16.5. The van der Waals surface area contributed by atoms with Gasteiger partial charge in [-0.1, -0.05) is 38.1 Å². The second-order valence-corrected chi connectivity index (χ2v) is 5.66. The van der Waals surface area contributed by atoms with Crippen LogP contribution in [0.2, 0.25) is 0 Å². The number of hydrogen-bond donors (Lipinski definition) is 0. The predicted octanol–water partition coefficient (Wildman–Crippen LogP) is 5.06. The van der Waals surface area contributed by atoms with Crippen molar-refractivity contribution in [3.63, 3.8) is 0 Å². The molecule has 0 N–H and O–H groups in total. The summed E-state index contributed by atoms with van der Waals surface area (Å²) >= 11 is 0. The van der Waals surface area contributed by atoms with Gasteiger partial charge >= 0.3 is 0 Å². The lowest BCUT2D eigenvalue weighted by Gasteiger charge is -2.12. The van der Waals surface area contributed by atoms with E-state index in [-0.39, 0.29) is 0 Å². The van der Waals surface area contributed by atoms with Gasteiger partial charge in [0, 0.05) is 6.42 Å². The average Bonchev–Trinajstić information content (AvgIpc) is 2.56. The van der Waals surface area contributed by atoms with Crippen molar-refractivity contribution in [2.45, 2.75) is 33.1 Å². The lowest BCUT2D eigenvalue weighted by molar-refractivity contribution is 0.236. The van der Waals surface area contributed by atoms with Gasteiger partial charge in [-0.3, -0.25) is 0 Å². The van der Waals surface area contributed by atoms with Gasteiger partial charge in [-0.15, -0.1) is 0 Å². The largest absolute Gasteiger partial charge is 0.493 e. The van der Waals surface area contributed by atoms with E-state index >= 15 is 0 Å². The molecule has 2 aromatic rings. The van der Waals surface area contributed by atoms with Crippen LogP contribution in [0.1, 0.15) is 38.7 Å². The summed E-state index contributed by atoms with van der Waals surface area (Å²) in [6, 6.07) is 16.0. The zero-order valence-corrected chi connectivity index (χ0v) is 14.2. The molecule has 0 aromatic heterocycles. The van der Waals surface area contributed by atoms with Gasteiger partial charge in [-0.25, -0.2) is 0 Å². The van der Waals surface area contributed by atoms with Crippen LogP contribution in [0.15, 0.2) is 48.5 Å². The number of para-hydroxylation sites is 2. The number of hydrogen-bond acceptors (Lipinski definition) is 3. The highest BCUT2D eigenvalue weighted by Crippen LogP contribution is 2.26. The Morgan fingerprint density at radius 2 is 1.52 bits per heavy atom. The third-order valence-electron chi connectivity index (χ3n) is 3.49. The summed E-state index contributed by atoms with van der Waals surface area (Å²) in [7, 11) is 0. The third kappa shape index (κ3) is 5.51. The molecule has 3 heteroatoms. The molecule has 0 aliphatic rings. The van der Waals surface area contributed by atoms with Crippen molar-refractivity contribution in [3.8, 4) is 17.2 Å². The Bertz CT molecular complexity index is 593. The van der Waals surface area contributed by atoms with E-state index in [9.17, 15) is 0 Å². The van der Waals surface area contributed by atoms with Gasteiger partial charge in [0.15, 0.2) is 11.5 Å². The van der Waals surface area contributed by atoms with Crippen LogP contribution in [0.4, 0.5) is 0 Å². The topological polar surface area (TPSA) is 27.7 Å². The van der Waals surface area contributed by atoms with Crippen molar-refractivity contribution >= 4 is 0 Å². The Balaban J connectivity index is 1.75. The second kappa shape index (κ2) is 9.09. The summed E-state index contributed by atoms with van der Waals surface area (Å²) in [6.07, 6.45) is 0.826. The van der Waals surface area contributed by atoms with Crippen molar-refractivity contribution in [3.05, 3.63) is 54.1 Å². The van der Waals surface area contributed by atoms with E-state index in [1.807, 2.05) is 43.3 Å². The number of ether oxygens (including phenoxy) is 3. The van der Waals surface area contributed by atoms with Gasteiger partial charge in [-0.05, 0) is 42.7 Å². The zero-order valence-electron chi connectivity index (χ0n) is 14.2. The standard InChI is InChI=1S/C20H26O3/c1-4-21-19-11-5-6-12-20(19)23-14-8-13-22-18-10-7-9-17(15-18)16(2)3/h5-7,9-12,15-16H,4,8,13-14H2,1-3H3. The first-order valence-corrected chi connectivity index (χ1v) is 8.28. The van der Waals surface area contributed by atoms with Crippen LogP contribution in [0.3, 0.4) is 0 Å². The second-order valence-electron chi connectivity index (χ2n) is 5.66. The Hall–Kier alpha value is -2.16. The summed E-state index contributed by atoms with van der Waals surface area (Å²) in [4.78, 5) is 0. The van der Waals surface area contributed by atoms with Crippen molar-refractivity contribution in [2.24, 2.45) is 0 Å². The maximum atomic E-state index is 5.80. The predicted molar refractivity (Wildman–Crippen MR) is 93.7 cm³/mol. The van der Waals surface area contributed by atoms with Gasteiger partial charge in [-0.2, -0.15) is 0 Å². The van der Waals surface area contributed by atoms with Gasteiger partial charge in [0.05, 0.1) is 19.8 Å². The summed E-state index contributed by atoms with van der Waals surface area (Å²) in [5.41, 5.74) is 1.30. The van der Waals surface area contributed by atoms with Crippen LogP contribution in [0, 0.1) is 0 Å². The first-order chi connectivity index (χ1) is 11.2. The van der Waals surface area contributed by atoms with Crippen molar-refractivity contribution < 1.29 is 14.2 Å². The maximum Gasteiger partial charge on any atom is 0.161 e. The molecule has 0 bridgehead atoms. The molecule has 0 unspecified atom stereocenters. The van der Waals surface area contributed by atoms with E-state index in [1.54, 1.807) is 0 Å². The minimum atomic E-state index is 0.511. The van der Waals surface area contributed by atoms with Crippen LogP contribution in [-0.4, -0.2) is 19.8 Å². The molecule has 2 aromatic carbocycles. The third-order valence-corrected chi connectivity index (χ3v) is 3.49. The van der Waals surface area contributed by atoms with E-state index in [1.165, 1.54) is 5.56 Å². The molecular weight excluding hydrogens is 288 g/mol. The van der Waals surface area contributed by atoms with Crippen molar-refractivity contribution in [1.82, 2.24) is 0 Å². The highest BCUT2D eigenvalue weighted by Gasteiger charge is 2.04. The molecule has 0 radical (unpaired) electrons. The van der Waals surface area contributed by atoms with Gasteiger partial charge < -0.3 is 14.2 Å². The van der Waals surface area contributed by atoms with Gasteiger partial charge in [0.1, 0.15) is 5.75 Å². The molecule has 0 atom stereocenters. The quantitative estimate of drug-likeness (QED) is 0.606. The molecule has 3 nitrogen and oxygen atoms in total. The molecule has 0 saturated carbocycles. The normalized spacial score (nSPS) is 10.6. The van der Waals surface area contributed by atoms with Crippen molar-refractivity contribution in [2.75, 3.05) is 19.8 Å². The van der Waals surface area contributed by atoms with Gasteiger partial charge in [0.25, 0.3) is 0 Å². The Morgan fingerprint density at radius 1 is 0.826 bits per heavy atom. The zero-order chi connectivity index (χ0) is 16.5. The lowest BCUT2D eigenvalue weighted by Crippen LogP contribution is -2.06. The van der Waals surface area contributed by atoms with E-state index in [0.717, 1.165) is 23.7 Å². The summed E-state index contributed by atoms with van der Waals surface area (Å²) in [6.45, 7) is 8.21. The Kier molecular flexibility index (Phi) is 6.79. The summed E-state index contributed by atoms with van der Waals surface area (Å²) < 4.78 is 17.1. The lowest BCUT2D eigenvalue weighted by atomic mass is 10.0.